The van der Waals surface area contributed by atoms with E-state index in [1.54, 1.807) is 0 Å². The summed E-state index contributed by atoms with van der Waals surface area (Å²) >= 11 is 3.12. The van der Waals surface area contributed by atoms with Gasteiger partial charge < -0.3 is 24.2 Å². The fourth-order valence-corrected chi connectivity index (χ4v) is 5.56. The van der Waals surface area contributed by atoms with Crippen LogP contribution in [0, 0.1) is 11.3 Å². The van der Waals surface area contributed by atoms with Crippen molar-refractivity contribution in [3.63, 3.8) is 0 Å². The number of halogens is 1. The van der Waals surface area contributed by atoms with Gasteiger partial charge in [-0.05, 0) is 27.7 Å². The Morgan fingerprint density at radius 1 is 1.46 bits per heavy atom. The number of nitriles is 1. The van der Waals surface area contributed by atoms with E-state index in [2.05, 4.69) is 27.5 Å². The minimum Gasteiger partial charge on any atom is -0.365 e. The van der Waals surface area contributed by atoms with Crippen LogP contribution in [0.25, 0.3) is 4.48 Å². The highest BCUT2D eigenvalue weighted by Gasteiger charge is 2.54. The first kappa shape index (κ1) is 29.8. The van der Waals surface area contributed by atoms with Crippen LogP contribution < -0.4 is 11.2 Å². The monoisotopic (exact) mass is 578 g/mol. The van der Waals surface area contributed by atoms with Gasteiger partial charge in [-0.15, -0.1) is 0 Å². The molecule has 2 rings (SSSR count). The quantitative estimate of drug-likeness (QED) is 0.190. The molecule has 0 amide bonds. The Morgan fingerprint density at radius 2 is 2.09 bits per heavy atom. The van der Waals surface area contributed by atoms with Crippen molar-refractivity contribution < 1.29 is 28.7 Å². The molecule has 0 aromatic carbocycles. The maximum absolute atomic E-state index is 12.5. The van der Waals surface area contributed by atoms with Crippen LogP contribution in [0.15, 0.2) is 22.4 Å². The molecule has 0 radical (unpaired) electrons. The number of nitrogens with zero attached hydrogens (tertiary/aromatic N) is 3. The number of aromatic nitrogens is 2. The van der Waals surface area contributed by atoms with Gasteiger partial charge in [-0.3, -0.25) is 18.9 Å². The topological polar surface area (TPSA) is 159 Å². The SMILES string of the molecule is C=C(Br)c1cn([C@H]2C[C@@](O)(OC)[C@@H](C(O)OP(OCCC#N)N(C(C)C)C(C)C)O2)c(=O)[nH]c1=O. The molecule has 0 bridgehead atoms. The molecule has 0 aliphatic carbocycles. The maximum Gasteiger partial charge on any atom is 0.330 e. The van der Waals surface area contributed by atoms with Gasteiger partial charge in [-0.25, -0.2) is 9.46 Å². The fraction of sp³-hybridized carbons (Fsp3) is 0.667. The van der Waals surface area contributed by atoms with E-state index in [1.165, 1.54) is 13.3 Å². The first-order chi connectivity index (χ1) is 16.4. The summed E-state index contributed by atoms with van der Waals surface area (Å²) in [6.45, 7) is 11.5. The molecule has 3 N–H and O–H groups in total. The van der Waals surface area contributed by atoms with E-state index in [1.807, 2.05) is 38.4 Å². The molecular formula is C21H32BrN4O8P. The van der Waals surface area contributed by atoms with Crippen molar-refractivity contribution in [2.75, 3.05) is 13.7 Å². The molecule has 2 heterocycles. The number of aromatic amines is 1. The van der Waals surface area contributed by atoms with Crippen molar-refractivity contribution >= 4 is 28.9 Å². The lowest BCUT2D eigenvalue weighted by atomic mass is 10.1. The summed E-state index contributed by atoms with van der Waals surface area (Å²) < 4.78 is 25.9. The Labute approximate surface area is 213 Å². The van der Waals surface area contributed by atoms with Gasteiger partial charge in [0.05, 0.1) is 24.7 Å². The number of hydrogen-bond acceptors (Lipinski definition) is 10. The van der Waals surface area contributed by atoms with Crippen LogP contribution in [-0.4, -0.2) is 68.4 Å². The Bertz CT molecular complexity index is 1030. The summed E-state index contributed by atoms with van der Waals surface area (Å²) in [6, 6.07) is 1.95. The maximum atomic E-state index is 12.5. The van der Waals surface area contributed by atoms with E-state index < -0.39 is 44.2 Å². The molecule has 2 unspecified atom stereocenters. The molecule has 1 aromatic rings. The zero-order valence-corrected chi connectivity index (χ0v) is 22.8. The lowest BCUT2D eigenvalue weighted by molar-refractivity contribution is -0.262. The van der Waals surface area contributed by atoms with Crippen LogP contribution in [-0.2, 0) is 18.5 Å². The molecule has 1 fully saturated rings. The smallest absolute Gasteiger partial charge is 0.330 e. The average Bonchev–Trinajstić information content (AvgIpc) is 3.11. The molecule has 0 spiro atoms. The first-order valence-corrected chi connectivity index (χ1v) is 12.8. The zero-order valence-electron chi connectivity index (χ0n) is 20.3. The molecule has 1 saturated heterocycles. The Hall–Kier alpha value is -1.46. The van der Waals surface area contributed by atoms with Crippen molar-refractivity contribution in [3.05, 3.63) is 39.2 Å². The van der Waals surface area contributed by atoms with Gasteiger partial charge in [-0.2, -0.15) is 5.26 Å². The normalized spacial score (nSPS) is 24.2. The molecule has 1 aliphatic rings. The number of rotatable bonds is 12. The number of H-pyrrole nitrogens is 1. The molecule has 35 heavy (non-hydrogen) atoms. The number of ether oxygens (including phenoxy) is 2. The van der Waals surface area contributed by atoms with Gasteiger partial charge in [-0.1, -0.05) is 22.5 Å². The predicted octanol–water partition coefficient (Wildman–Crippen LogP) is 2.14. The third-order valence-corrected chi connectivity index (χ3v) is 7.79. The third-order valence-electron chi connectivity index (χ3n) is 5.26. The van der Waals surface area contributed by atoms with Gasteiger partial charge in [0.2, 0.25) is 5.79 Å². The number of methoxy groups -OCH3 is 1. The molecule has 1 aromatic heterocycles. The molecule has 0 saturated carbocycles. The van der Waals surface area contributed by atoms with E-state index >= 15 is 0 Å². The minimum absolute atomic E-state index is 0.0237. The van der Waals surface area contributed by atoms with E-state index in [0.717, 1.165) is 4.57 Å². The van der Waals surface area contributed by atoms with Gasteiger partial charge >= 0.3 is 5.69 Å². The second-order valence-corrected chi connectivity index (χ2v) is 10.8. The van der Waals surface area contributed by atoms with Crippen LogP contribution in [0.4, 0.5) is 0 Å². The molecule has 12 nitrogen and oxygen atoms in total. The lowest BCUT2D eigenvalue weighted by Gasteiger charge is -2.38. The minimum atomic E-state index is -2.03. The zero-order chi connectivity index (χ0) is 26.5. The summed E-state index contributed by atoms with van der Waals surface area (Å²) in [5.74, 6) is -2.03. The molecule has 14 heteroatoms. The number of aliphatic hydroxyl groups excluding tert-OH is 1. The van der Waals surface area contributed by atoms with Crippen LogP contribution in [0.2, 0.25) is 0 Å². The van der Waals surface area contributed by atoms with Gasteiger partial charge in [0, 0.05) is 36.3 Å². The Morgan fingerprint density at radius 3 is 2.60 bits per heavy atom. The Balaban J connectivity index is 2.35. The summed E-state index contributed by atoms with van der Waals surface area (Å²) in [5.41, 5.74) is -1.33. The van der Waals surface area contributed by atoms with Crippen LogP contribution >= 0.6 is 24.5 Å². The largest absolute Gasteiger partial charge is 0.365 e. The summed E-state index contributed by atoms with van der Waals surface area (Å²) in [4.78, 5) is 26.7. The van der Waals surface area contributed by atoms with E-state index in [0.29, 0.717) is 0 Å². The molecule has 196 valence electrons. The first-order valence-electron chi connectivity index (χ1n) is 10.9. The van der Waals surface area contributed by atoms with Crippen molar-refractivity contribution in [2.24, 2.45) is 0 Å². The van der Waals surface area contributed by atoms with Crippen LogP contribution in [0.1, 0.15) is 52.3 Å². The summed E-state index contributed by atoms with van der Waals surface area (Å²) in [5, 5.41) is 30.9. The van der Waals surface area contributed by atoms with Gasteiger partial charge in [0.15, 0.2) is 12.4 Å². The molecule has 5 atom stereocenters. The Kier molecular flexibility index (Phi) is 10.8. The molecular weight excluding hydrogens is 547 g/mol. The van der Waals surface area contributed by atoms with Gasteiger partial charge in [0.25, 0.3) is 14.1 Å². The number of hydrogen-bond donors (Lipinski definition) is 3. The van der Waals surface area contributed by atoms with Gasteiger partial charge in [0.1, 0.15) is 6.23 Å². The van der Waals surface area contributed by atoms with E-state index in [-0.39, 0.29) is 41.6 Å². The van der Waals surface area contributed by atoms with Crippen LogP contribution in [0.5, 0.6) is 0 Å². The summed E-state index contributed by atoms with van der Waals surface area (Å²) in [6.07, 6.45) is -3.14. The third kappa shape index (κ3) is 7.07. The van der Waals surface area contributed by atoms with Crippen LogP contribution in [0.3, 0.4) is 0 Å². The second kappa shape index (κ2) is 12.7. The van der Waals surface area contributed by atoms with Crippen molar-refractivity contribution in [2.45, 2.75) is 77.0 Å². The fourth-order valence-electron chi connectivity index (χ4n) is 3.68. The highest BCUT2D eigenvalue weighted by molar-refractivity contribution is 9.15. The number of aliphatic hydroxyl groups is 2. The average molecular weight is 579 g/mol. The lowest BCUT2D eigenvalue weighted by Crippen LogP contribution is -2.48. The standard InChI is InChI=1S/C21H32BrN4O8P/c1-12(2)26(13(3)4)35(32-9-7-8-23)34-19(28)17-21(30,31-6)10-16(33-17)25-11-15(14(5)22)18(27)24-20(25)29/h11-13,16-17,19,28,30H,5,7,9-10H2,1-4,6H3,(H,24,27,29)/t16-,17-,19?,21-,35?/m1/s1. The van der Waals surface area contributed by atoms with Crippen molar-refractivity contribution in [3.8, 4) is 6.07 Å². The van der Waals surface area contributed by atoms with Crippen molar-refractivity contribution in [1.82, 2.24) is 14.2 Å². The summed E-state index contributed by atoms with van der Waals surface area (Å²) in [7, 11) is -0.628. The number of nitrogens with one attached hydrogen (secondary N) is 1. The highest BCUT2D eigenvalue weighted by atomic mass is 79.9. The van der Waals surface area contributed by atoms with E-state index in [4.69, 9.17) is 23.8 Å². The second-order valence-electron chi connectivity index (χ2n) is 8.42. The molecule has 1 aliphatic heterocycles. The van der Waals surface area contributed by atoms with Crippen molar-refractivity contribution in [1.29, 1.82) is 5.26 Å². The predicted molar refractivity (Wildman–Crippen MR) is 132 cm³/mol. The highest BCUT2D eigenvalue weighted by Crippen LogP contribution is 2.49. The van der Waals surface area contributed by atoms with E-state index in [9.17, 15) is 19.8 Å².